The Morgan fingerprint density at radius 3 is 1.97 bits per heavy atom. The molecule has 1 aliphatic heterocycles. The largest absolute Gasteiger partial charge is 0.497 e. The van der Waals surface area contributed by atoms with E-state index in [-0.39, 0.29) is 0 Å². The Balaban J connectivity index is 1.42. The lowest BCUT2D eigenvalue weighted by molar-refractivity contribution is 0.0658. The van der Waals surface area contributed by atoms with Crippen LogP contribution < -0.4 is 9.47 Å². The Labute approximate surface area is 172 Å². The first kappa shape index (κ1) is 19.1. The van der Waals surface area contributed by atoms with Crippen LogP contribution >= 0.6 is 0 Å². The zero-order chi connectivity index (χ0) is 21.1. The molecule has 148 valence electrons. The molecular formula is C23H16N2O5. The maximum absolute atomic E-state index is 12.3. The molecule has 0 fully saturated rings. The number of amides is 2. The Hall–Kier alpha value is -4.26. The minimum atomic E-state index is -0.495. The van der Waals surface area contributed by atoms with Gasteiger partial charge in [-0.25, -0.2) is 4.79 Å². The zero-order valence-electron chi connectivity index (χ0n) is 15.9. The molecule has 0 saturated carbocycles. The van der Waals surface area contributed by atoms with Crippen LogP contribution in [0.3, 0.4) is 0 Å². The normalized spacial score (nSPS) is 12.9. The van der Waals surface area contributed by atoms with Crippen LogP contribution in [0.4, 0.5) is 0 Å². The topological polar surface area (TPSA) is 85.3 Å². The highest BCUT2D eigenvalue weighted by Crippen LogP contribution is 2.22. The fourth-order valence-corrected chi connectivity index (χ4v) is 2.92. The second-order valence-electron chi connectivity index (χ2n) is 6.40. The summed E-state index contributed by atoms with van der Waals surface area (Å²) in [6.45, 7) is 0. The second kappa shape index (κ2) is 8.00. The standard InChI is InChI=1S/C23H16N2O5/c1-29-17-12-8-16(9-13-17)23(28)30-18-10-6-15(7-11-18)14-24-25-21(26)19-4-2-3-5-20(19)22(25)27/h2-14H,1H3/b24-14-. The van der Waals surface area contributed by atoms with Gasteiger partial charge in [-0.15, -0.1) is 0 Å². The summed E-state index contributed by atoms with van der Waals surface area (Å²) in [7, 11) is 1.55. The van der Waals surface area contributed by atoms with Crippen molar-refractivity contribution in [2.75, 3.05) is 7.11 Å². The summed E-state index contributed by atoms with van der Waals surface area (Å²) < 4.78 is 10.4. The Morgan fingerprint density at radius 2 is 1.40 bits per heavy atom. The van der Waals surface area contributed by atoms with Crippen LogP contribution in [0.2, 0.25) is 0 Å². The lowest BCUT2D eigenvalue weighted by Crippen LogP contribution is -2.23. The van der Waals surface area contributed by atoms with E-state index in [9.17, 15) is 14.4 Å². The average Bonchev–Trinajstić information content (AvgIpc) is 3.03. The van der Waals surface area contributed by atoms with E-state index in [2.05, 4.69) is 5.10 Å². The van der Waals surface area contributed by atoms with E-state index in [4.69, 9.17) is 9.47 Å². The van der Waals surface area contributed by atoms with E-state index in [1.807, 2.05) is 0 Å². The molecule has 3 aromatic rings. The van der Waals surface area contributed by atoms with Crippen LogP contribution in [-0.4, -0.2) is 36.1 Å². The number of benzene rings is 3. The molecule has 0 bridgehead atoms. The Bertz CT molecular complexity index is 1120. The van der Waals surface area contributed by atoms with Crippen molar-refractivity contribution in [3.8, 4) is 11.5 Å². The molecule has 0 saturated heterocycles. The van der Waals surface area contributed by atoms with Gasteiger partial charge in [0, 0.05) is 0 Å². The van der Waals surface area contributed by atoms with Gasteiger partial charge >= 0.3 is 5.97 Å². The fraction of sp³-hybridized carbons (Fsp3) is 0.0435. The highest BCUT2D eigenvalue weighted by atomic mass is 16.5. The number of carbonyl (C=O) groups excluding carboxylic acids is 3. The van der Waals surface area contributed by atoms with Gasteiger partial charge in [-0.1, -0.05) is 12.1 Å². The van der Waals surface area contributed by atoms with Gasteiger partial charge in [-0.05, 0) is 66.2 Å². The van der Waals surface area contributed by atoms with Crippen molar-refractivity contribution in [2.24, 2.45) is 5.10 Å². The number of nitrogens with zero attached hydrogens (tertiary/aromatic N) is 2. The number of methoxy groups -OCH3 is 1. The van der Waals surface area contributed by atoms with Crippen LogP contribution in [-0.2, 0) is 0 Å². The van der Waals surface area contributed by atoms with Gasteiger partial charge in [-0.3, -0.25) is 9.59 Å². The summed E-state index contributed by atoms with van der Waals surface area (Å²) in [5.74, 6) is -0.416. The number of imide groups is 1. The molecule has 7 nitrogen and oxygen atoms in total. The predicted molar refractivity (Wildman–Crippen MR) is 109 cm³/mol. The minimum Gasteiger partial charge on any atom is -0.497 e. The van der Waals surface area contributed by atoms with E-state index in [1.165, 1.54) is 6.21 Å². The van der Waals surface area contributed by atoms with E-state index < -0.39 is 17.8 Å². The van der Waals surface area contributed by atoms with Gasteiger partial charge in [0.25, 0.3) is 11.8 Å². The lowest BCUT2D eigenvalue weighted by Gasteiger charge is -2.07. The molecular weight excluding hydrogens is 384 g/mol. The number of hydrogen-bond donors (Lipinski definition) is 0. The van der Waals surface area contributed by atoms with Crippen LogP contribution in [0.5, 0.6) is 11.5 Å². The number of ether oxygens (including phenoxy) is 2. The lowest BCUT2D eigenvalue weighted by atomic mass is 10.1. The van der Waals surface area contributed by atoms with Gasteiger partial charge in [0.05, 0.1) is 30.0 Å². The molecule has 4 rings (SSSR count). The number of hydrogen-bond acceptors (Lipinski definition) is 6. The van der Waals surface area contributed by atoms with Crippen molar-refractivity contribution in [2.45, 2.75) is 0 Å². The number of fused-ring (bicyclic) bond motifs is 1. The van der Waals surface area contributed by atoms with E-state index in [1.54, 1.807) is 79.9 Å². The zero-order valence-corrected chi connectivity index (χ0v) is 15.9. The summed E-state index contributed by atoms with van der Waals surface area (Å²) in [4.78, 5) is 36.8. The summed E-state index contributed by atoms with van der Waals surface area (Å²) in [5.41, 5.74) is 1.70. The summed E-state index contributed by atoms with van der Waals surface area (Å²) in [6, 6.07) is 19.7. The maximum atomic E-state index is 12.3. The smallest absolute Gasteiger partial charge is 0.343 e. The summed E-state index contributed by atoms with van der Waals surface area (Å²) >= 11 is 0. The third kappa shape index (κ3) is 3.68. The molecule has 3 aromatic carbocycles. The third-order valence-electron chi connectivity index (χ3n) is 4.51. The Kier molecular flexibility index (Phi) is 5.09. The van der Waals surface area contributed by atoms with Gasteiger partial charge in [0.2, 0.25) is 0 Å². The van der Waals surface area contributed by atoms with Crippen LogP contribution in [0.1, 0.15) is 36.6 Å². The van der Waals surface area contributed by atoms with Crippen molar-refractivity contribution in [3.05, 3.63) is 95.1 Å². The number of rotatable bonds is 5. The Morgan fingerprint density at radius 1 is 0.833 bits per heavy atom. The summed E-state index contributed by atoms with van der Waals surface area (Å²) in [5, 5.41) is 4.85. The summed E-state index contributed by atoms with van der Waals surface area (Å²) in [6.07, 6.45) is 1.40. The van der Waals surface area contributed by atoms with E-state index in [0.717, 1.165) is 5.01 Å². The SMILES string of the molecule is COc1ccc(C(=O)Oc2ccc(/C=N\N3C(=O)c4ccccc4C3=O)cc2)cc1. The molecule has 7 heteroatoms. The molecule has 1 aliphatic rings. The first-order valence-electron chi connectivity index (χ1n) is 9.05. The second-order valence-corrected chi connectivity index (χ2v) is 6.40. The molecule has 2 amide bonds. The minimum absolute atomic E-state index is 0.334. The monoisotopic (exact) mass is 400 g/mol. The highest BCUT2D eigenvalue weighted by molar-refractivity contribution is 6.21. The molecule has 1 heterocycles. The molecule has 0 radical (unpaired) electrons. The van der Waals surface area contributed by atoms with Crippen molar-refractivity contribution in [1.29, 1.82) is 0 Å². The van der Waals surface area contributed by atoms with Crippen molar-refractivity contribution in [1.82, 2.24) is 5.01 Å². The first-order valence-corrected chi connectivity index (χ1v) is 9.05. The third-order valence-corrected chi connectivity index (χ3v) is 4.51. The predicted octanol–water partition coefficient (Wildman–Crippen LogP) is 3.54. The van der Waals surface area contributed by atoms with Gasteiger partial charge in [0.1, 0.15) is 11.5 Å². The van der Waals surface area contributed by atoms with Crippen LogP contribution in [0.15, 0.2) is 77.9 Å². The highest BCUT2D eigenvalue weighted by Gasteiger charge is 2.35. The quantitative estimate of drug-likeness (QED) is 0.283. The van der Waals surface area contributed by atoms with Gasteiger partial charge in [0.15, 0.2) is 0 Å². The molecule has 0 spiro atoms. The van der Waals surface area contributed by atoms with Crippen molar-refractivity contribution < 1.29 is 23.9 Å². The molecule has 0 aliphatic carbocycles. The van der Waals surface area contributed by atoms with Gasteiger partial charge in [-0.2, -0.15) is 10.1 Å². The molecule has 0 unspecified atom stereocenters. The van der Waals surface area contributed by atoms with Crippen LogP contribution in [0, 0.1) is 0 Å². The van der Waals surface area contributed by atoms with Crippen LogP contribution in [0.25, 0.3) is 0 Å². The molecule has 0 N–H and O–H groups in total. The van der Waals surface area contributed by atoms with Crippen molar-refractivity contribution in [3.63, 3.8) is 0 Å². The average molecular weight is 400 g/mol. The maximum Gasteiger partial charge on any atom is 0.343 e. The number of esters is 1. The van der Waals surface area contributed by atoms with Crippen molar-refractivity contribution >= 4 is 24.0 Å². The fourth-order valence-electron chi connectivity index (χ4n) is 2.92. The van der Waals surface area contributed by atoms with E-state index in [0.29, 0.717) is 33.8 Å². The number of hydrazone groups is 1. The van der Waals surface area contributed by atoms with Gasteiger partial charge < -0.3 is 9.47 Å². The first-order chi connectivity index (χ1) is 14.6. The molecule has 0 atom stereocenters. The van der Waals surface area contributed by atoms with E-state index >= 15 is 0 Å². The molecule has 0 aromatic heterocycles. The number of carbonyl (C=O) groups is 3. The molecule has 30 heavy (non-hydrogen) atoms.